The fraction of sp³-hybridized carbons (Fsp3) is 0.387. The largest absolute Gasteiger partial charge is 0.360 e. The summed E-state index contributed by atoms with van der Waals surface area (Å²) in [6.07, 6.45) is 5.15. The molecule has 0 saturated heterocycles. The number of halogens is 2. The van der Waals surface area contributed by atoms with Gasteiger partial charge in [0.15, 0.2) is 0 Å². The summed E-state index contributed by atoms with van der Waals surface area (Å²) in [5.74, 6) is 0. The average Bonchev–Trinajstić information content (AvgIpc) is 3.58. The maximum atomic E-state index is 11.5. The molecule has 0 unspecified atom stereocenters. The Morgan fingerprint density at radius 3 is 1.89 bits per heavy atom. The lowest BCUT2D eigenvalue weighted by Gasteiger charge is -2.15. The van der Waals surface area contributed by atoms with Gasteiger partial charge in [0.05, 0.1) is 28.4 Å². The number of pyridine rings is 1. The van der Waals surface area contributed by atoms with Crippen LogP contribution >= 0.6 is 31.9 Å². The third kappa shape index (κ3) is 9.86. The minimum Gasteiger partial charge on any atom is -0.360 e. The number of rotatable bonds is 12. The van der Waals surface area contributed by atoms with Gasteiger partial charge in [0, 0.05) is 66.9 Å². The molecule has 0 bridgehead atoms. The third-order valence-electron chi connectivity index (χ3n) is 7.03. The van der Waals surface area contributed by atoms with Gasteiger partial charge >= 0.3 is 0 Å². The first-order valence-corrected chi connectivity index (χ1v) is 23.7. The van der Waals surface area contributed by atoms with E-state index in [0.717, 1.165) is 38.9 Å². The van der Waals surface area contributed by atoms with E-state index in [0.29, 0.717) is 35.8 Å². The van der Waals surface area contributed by atoms with E-state index in [1.165, 1.54) is 12.1 Å². The van der Waals surface area contributed by atoms with Crippen molar-refractivity contribution in [1.82, 2.24) is 24.5 Å². The molecule has 0 N–H and O–H groups in total. The van der Waals surface area contributed by atoms with Gasteiger partial charge in [-0.25, -0.2) is 14.3 Å². The van der Waals surface area contributed by atoms with E-state index in [2.05, 4.69) is 92.4 Å². The number of aromatic nitrogens is 5. The van der Waals surface area contributed by atoms with E-state index >= 15 is 0 Å². The fourth-order valence-corrected chi connectivity index (χ4v) is 6.71. The summed E-state index contributed by atoms with van der Waals surface area (Å²) in [6, 6.07) is 15.5. The number of nitrogens with zero attached hydrogens (tertiary/aromatic N) is 6. The Balaban J connectivity index is 0.000000222. The zero-order valence-electron chi connectivity index (χ0n) is 26.6. The predicted octanol–water partition coefficient (Wildman–Crippen LogP) is 9.19. The van der Waals surface area contributed by atoms with Gasteiger partial charge < -0.3 is 9.47 Å². The lowest BCUT2D eigenvalue weighted by molar-refractivity contribution is -0.384. The van der Waals surface area contributed by atoms with Crippen LogP contribution in [0.4, 0.5) is 5.69 Å². The summed E-state index contributed by atoms with van der Waals surface area (Å²) in [7, 11) is -2.14. The number of fused-ring (bicyclic) bond motifs is 2. The molecule has 0 saturated carbocycles. The van der Waals surface area contributed by atoms with E-state index in [1.54, 1.807) is 17.1 Å². The topological polar surface area (TPSA) is 110 Å². The second-order valence-electron chi connectivity index (χ2n) is 13.2. The van der Waals surface area contributed by atoms with Crippen molar-refractivity contribution < 1.29 is 14.4 Å². The summed E-state index contributed by atoms with van der Waals surface area (Å²) in [4.78, 5) is 15.3. The second kappa shape index (κ2) is 15.2. The van der Waals surface area contributed by atoms with Gasteiger partial charge in [0.1, 0.15) is 19.2 Å². The average molecular weight is 777 g/mol. The molecule has 0 atom stereocenters. The Morgan fingerprint density at radius 1 is 0.800 bits per heavy atom. The van der Waals surface area contributed by atoms with Crippen LogP contribution in [-0.4, -0.2) is 58.8 Å². The molecule has 240 valence electrons. The summed E-state index contributed by atoms with van der Waals surface area (Å²) in [5.41, 5.74) is 2.93. The highest BCUT2D eigenvalue weighted by molar-refractivity contribution is 9.11. The van der Waals surface area contributed by atoms with Crippen molar-refractivity contribution in [2.75, 3.05) is 13.2 Å². The van der Waals surface area contributed by atoms with Crippen molar-refractivity contribution in [2.24, 2.45) is 0 Å². The Hall–Kier alpha value is -2.76. The maximum Gasteiger partial charge on any atom is 0.296 e. The van der Waals surface area contributed by atoms with Gasteiger partial charge in [0.2, 0.25) is 0 Å². The standard InChI is InChI=1S/C18H21BrN4O3Si.C13H19BrN2OSi/c1-27(2,3)8-7-26-12-22-16-6-4-5-14(15(16)11-21-22)18-17(23(24)25)9-13(19)10-20-18;1-18(2,3)8-7-17-10-16-13-6-4-5-12(14)11(13)9-15-16/h4-6,9-11H,7-8,12H2,1-3H3;4-6,9H,7-8,10H2,1-3H3. The van der Waals surface area contributed by atoms with E-state index < -0.39 is 21.1 Å². The van der Waals surface area contributed by atoms with Crippen molar-refractivity contribution in [1.29, 1.82) is 0 Å². The quantitative estimate of drug-likeness (QED) is 0.0538. The second-order valence-corrected chi connectivity index (χ2v) is 26.2. The Bertz CT molecular complexity index is 1760. The van der Waals surface area contributed by atoms with Crippen LogP contribution in [0.2, 0.25) is 51.4 Å². The van der Waals surface area contributed by atoms with Gasteiger partial charge in [-0.05, 0) is 46.2 Å². The minimum absolute atomic E-state index is 0.0454. The van der Waals surface area contributed by atoms with Gasteiger partial charge in [-0.1, -0.05) is 73.4 Å². The lowest BCUT2D eigenvalue weighted by Crippen LogP contribution is -2.22. The SMILES string of the molecule is C[Si](C)(C)CCOCn1ncc2c(-c3ncc(Br)cc3[N+](=O)[O-])cccc21.C[Si](C)(C)CCOCn1ncc2c(Br)cccc21. The molecule has 0 fully saturated rings. The van der Waals surface area contributed by atoms with Crippen LogP contribution in [-0.2, 0) is 22.9 Å². The van der Waals surface area contributed by atoms with Crippen molar-refractivity contribution in [3.8, 4) is 11.3 Å². The Morgan fingerprint density at radius 2 is 1.33 bits per heavy atom. The highest BCUT2D eigenvalue weighted by Crippen LogP contribution is 2.34. The summed E-state index contributed by atoms with van der Waals surface area (Å²) < 4.78 is 16.8. The molecule has 5 aromatic rings. The molecule has 2 aromatic carbocycles. The van der Waals surface area contributed by atoms with Crippen molar-refractivity contribution in [3.05, 3.63) is 80.1 Å². The number of hydrogen-bond acceptors (Lipinski definition) is 7. The van der Waals surface area contributed by atoms with Crippen LogP contribution < -0.4 is 0 Å². The zero-order valence-corrected chi connectivity index (χ0v) is 31.8. The Labute approximate surface area is 282 Å². The molecular weight excluding hydrogens is 736 g/mol. The van der Waals surface area contributed by atoms with Crippen LogP contribution in [0.5, 0.6) is 0 Å². The van der Waals surface area contributed by atoms with Crippen molar-refractivity contribution >= 4 is 75.5 Å². The van der Waals surface area contributed by atoms with Crippen LogP contribution in [0.15, 0.2) is 70.0 Å². The van der Waals surface area contributed by atoms with Crippen LogP contribution in [0.1, 0.15) is 0 Å². The first kappa shape index (κ1) is 35.1. The van der Waals surface area contributed by atoms with Crippen LogP contribution in [0, 0.1) is 10.1 Å². The zero-order chi connectivity index (χ0) is 32.8. The number of benzene rings is 2. The van der Waals surface area contributed by atoms with Gasteiger partial charge in [0.25, 0.3) is 5.69 Å². The minimum atomic E-state index is -1.14. The molecule has 0 spiro atoms. The maximum absolute atomic E-state index is 11.5. The first-order valence-electron chi connectivity index (χ1n) is 14.7. The van der Waals surface area contributed by atoms with Gasteiger partial charge in [-0.2, -0.15) is 10.2 Å². The first-order chi connectivity index (χ1) is 21.2. The molecule has 3 heterocycles. The van der Waals surface area contributed by atoms with E-state index in [4.69, 9.17) is 9.47 Å². The predicted molar refractivity (Wildman–Crippen MR) is 193 cm³/mol. The molecule has 0 aliphatic heterocycles. The van der Waals surface area contributed by atoms with Gasteiger partial charge in [-0.3, -0.25) is 10.1 Å². The normalized spacial score (nSPS) is 12.0. The van der Waals surface area contributed by atoms with E-state index in [9.17, 15) is 10.1 Å². The van der Waals surface area contributed by atoms with Crippen LogP contribution in [0.25, 0.3) is 33.1 Å². The number of nitro groups is 1. The molecule has 3 aromatic heterocycles. The fourth-order valence-electron chi connectivity index (χ4n) is 4.42. The molecule has 45 heavy (non-hydrogen) atoms. The number of hydrogen-bond donors (Lipinski definition) is 0. The molecule has 10 nitrogen and oxygen atoms in total. The Kier molecular flexibility index (Phi) is 11.9. The highest BCUT2D eigenvalue weighted by Gasteiger charge is 2.21. The molecular formula is C31H40Br2N6O4Si2. The molecule has 0 aliphatic rings. The highest BCUT2D eigenvalue weighted by atomic mass is 79.9. The molecule has 0 aliphatic carbocycles. The number of ether oxygens (including phenoxy) is 2. The molecule has 0 amide bonds. The molecule has 14 heteroatoms. The van der Waals surface area contributed by atoms with Crippen molar-refractivity contribution in [2.45, 2.75) is 64.8 Å². The third-order valence-corrected chi connectivity index (χ3v) is 11.6. The van der Waals surface area contributed by atoms with E-state index in [-0.39, 0.29) is 5.69 Å². The monoisotopic (exact) mass is 774 g/mol. The summed E-state index contributed by atoms with van der Waals surface area (Å²) in [5, 5.41) is 22.2. The molecule has 5 rings (SSSR count). The van der Waals surface area contributed by atoms with E-state index in [1.807, 2.05) is 41.2 Å². The van der Waals surface area contributed by atoms with Gasteiger partial charge in [-0.15, -0.1) is 0 Å². The molecule has 0 radical (unpaired) electrons. The summed E-state index contributed by atoms with van der Waals surface area (Å²) >= 11 is 6.77. The lowest BCUT2D eigenvalue weighted by atomic mass is 10.1. The smallest absolute Gasteiger partial charge is 0.296 e. The van der Waals surface area contributed by atoms with Crippen molar-refractivity contribution in [3.63, 3.8) is 0 Å². The summed E-state index contributed by atoms with van der Waals surface area (Å²) in [6.45, 7) is 16.4. The van der Waals surface area contributed by atoms with Crippen LogP contribution in [0.3, 0.4) is 0 Å².